The first-order valence-electron chi connectivity index (χ1n) is 10.1. The lowest BCUT2D eigenvalue weighted by molar-refractivity contribution is -0.384. The molecule has 0 radical (unpaired) electrons. The Kier molecular flexibility index (Phi) is 4.47. The van der Waals surface area contributed by atoms with E-state index in [0.717, 1.165) is 10.5 Å². The molecule has 2 amide bonds. The predicted molar refractivity (Wildman–Crippen MR) is 115 cm³/mol. The van der Waals surface area contributed by atoms with Gasteiger partial charge < -0.3 is 0 Å². The third kappa shape index (κ3) is 2.85. The van der Waals surface area contributed by atoms with Gasteiger partial charge in [0, 0.05) is 23.9 Å². The van der Waals surface area contributed by atoms with Gasteiger partial charge in [0.2, 0.25) is 11.8 Å². The number of aryl methyl sites for hydroxylation is 1. The maximum Gasteiger partial charge on any atom is 0.270 e. The van der Waals surface area contributed by atoms with Gasteiger partial charge in [0.15, 0.2) is 5.78 Å². The van der Waals surface area contributed by atoms with Crippen LogP contribution in [0.1, 0.15) is 15.9 Å². The van der Waals surface area contributed by atoms with Crippen molar-refractivity contribution in [2.75, 3.05) is 4.90 Å². The largest absolute Gasteiger partial charge is 0.292 e. The second-order valence-corrected chi connectivity index (χ2v) is 8.04. The number of carbonyl (C=O) groups excluding carboxylic acids is 3. The molecule has 160 valence electrons. The van der Waals surface area contributed by atoms with E-state index in [4.69, 9.17) is 0 Å². The minimum atomic E-state index is -1.04. The number of fused-ring (bicyclic) bond motifs is 3. The molecule has 0 N–H and O–H groups in total. The summed E-state index contributed by atoms with van der Waals surface area (Å²) in [6.07, 6.45) is 4.94. The number of hydrogen-bond donors (Lipinski definition) is 0. The monoisotopic (exact) mass is 430 g/mol. The van der Waals surface area contributed by atoms with E-state index in [9.17, 15) is 24.5 Å². The molecule has 3 heterocycles. The van der Waals surface area contributed by atoms with E-state index in [1.807, 2.05) is 19.1 Å². The third-order valence-corrected chi connectivity index (χ3v) is 6.19. The molecule has 0 aliphatic carbocycles. The second-order valence-electron chi connectivity index (χ2n) is 8.04. The smallest absolute Gasteiger partial charge is 0.270 e. The summed E-state index contributed by atoms with van der Waals surface area (Å²) in [6.45, 7) is 1.91. The number of carbonyl (C=O) groups is 3. The topological polar surface area (TPSA) is 113 Å². The summed E-state index contributed by atoms with van der Waals surface area (Å²) in [5, 5.41) is 16.9. The quantitative estimate of drug-likeness (QED) is 0.319. The number of nitro benzene ring substituents is 1. The number of imide groups is 1. The van der Waals surface area contributed by atoms with Crippen LogP contribution in [0.3, 0.4) is 0 Å². The standard InChI is InChI=1S/C23H18N4O5/c1-13-7-9-15(10-8-13)25-22(29)18-17-6-3-11-24-26(17)20(19(18)23(25)30)21(28)14-4-2-5-16(12-14)27(31)32/h2-12,17-20H,1H3/t17-,18-,19-,20+/m1/s1. The first-order valence-corrected chi connectivity index (χ1v) is 10.1. The zero-order chi connectivity index (χ0) is 22.6. The highest BCUT2D eigenvalue weighted by atomic mass is 16.6. The van der Waals surface area contributed by atoms with Crippen molar-refractivity contribution in [3.05, 3.63) is 81.9 Å². The van der Waals surface area contributed by atoms with Crippen LogP contribution in [0.4, 0.5) is 11.4 Å². The molecule has 4 atom stereocenters. The molecule has 9 heteroatoms. The molecule has 0 saturated carbocycles. The Bertz CT molecular complexity index is 1220. The summed E-state index contributed by atoms with van der Waals surface area (Å²) in [6, 6.07) is 10.8. The Morgan fingerprint density at radius 1 is 1.06 bits per heavy atom. The van der Waals surface area contributed by atoms with E-state index in [2.05, 4.69) is 5.10 Å². The van der Waals surface area contributed by atoms with Gasteiger partial charge in [-0.1, -0.05) is 35.9 Å². The molecular weight excluding hydrogens is 412 g/mol. The lowest BCUT2D eigenvalue weighted by Gasteiger charge is -2.30. The molecule has 2 aromatic carbocycles. The molecule has 3 aliphatic heterocycles. The highest BCUT2D eigenvalue weighted by molar-refractivity contribution is 6.24. The van der Waals surface area contributed by atoms with Crippen LogP contribution in [0.2, 0.25) is 0 Å². The van der Waals surface area contributed by atoms with Gasteiger partial charge in [0.05, 0.1) is 28.5 Å². The fraction of sp³-hybridized carbons (Fsp3) is 0.217. The van der Waals surface area contributed by atoms with Gasteiger partial charge in [-0.25, -0.2) is 4.90 Å². The van der Waals surface area contributed by atoms with Gasteiger partial charge in [-0.05, 0) is 25.1 Å². The molecule has 32 heavy (non-hydrogen) atoms. The van der Waals surface area contributed by atoms with E-state index < -0.39 is 40.5 Å². The fourth-order valence-corrected chi connectivity index (χ4v) is 4.73. The molecule has 0 aromatic heterocycles. The highest BCUT2D eigenvalue weighted by Crippen LogP contribution is 2.46. The van der Waals surface area contributed by atoms with Crippen molar-refractivity contribution in [2.45, 2.75) is 19.0 Å². The van der Waals surface area contributed by atoms with Crippen molar-refractivity contribution < 1.29 is 19.3 Å². The van der Waals surface area contributed by atoms with E-state index in [0.29, 0.717) is 5.69 Å². The van der Waals surface area contributed by atoms with Crippen LogP contribution in [-0.2, 0) is 9.59 Å². The van der Waals surface area contributed by atoms with Gasteiger partial charge in [0.25, 0.3) is 5.69 Å². The molecule has 2 saturated heterocycles. The molecular formula is C23H18N4O5. The number of non-ortho nitro benzene ring substituents is 1. The summed E-state index contributed by atoms with van der Waals surface area (Å²) in [5.41, 5.74) is 1.32. The third-order valence-electron chi connectivity index (χ3n) is 6.19. The summed E-state index contributed by atoms with van der Waals surface area (Å²) in [7, 11) is 0. The zero-order valence-electron chi connectivity index (χ0n) is 17.0. The maximum absolute atomic E-state index is 13.5. The highest BCUT2D eigenvalue weighted by Gasteiger charge is 2.64. The molecule has 0 bridgehead atoms. The summed E-state index contributed by atoms with van der Waals surface area (Å²) in [5.74, 6) is -3.04. The number of allylic oxidation sites excluding steroid dienone is 1. The summed E-state index contributed by atoms with van der Waals surface area (Å²) in [4.78, 5) is 52.1. The SMILES string of the molecule is Cc1ccc(N2C(=O)[C@@H]3[C@H](C2=O)[C@H]2C=CC=NN2[C@@H]3C(=O)c2cccc([N+](=O)[O-])c2)cc1. The van der Waals surface area contributed by atoms with Crippen LogP contribution in [0.15, 0.2) is 65.8 Å². The molecule has 0 spiro atoms. The number of nitrogens with zero attached hydrogens (tertiary/aromatic N) is 4. The summed E-state index contributed by atoms with van der Waals surface area (Å²) < 4.78 is 0. The predicted octanol–water partition coefficient (Wildman–Crippen LogP) is 2.50. The number of hydrogen-bond acceptors (Lipinski definition) is 7. The first kappa shape index (κ1) is 19.8. The molecule has 2 fully saturated rings. The van der Waals surface area contributed by atoms with Crippen molar-refractivity contribution in [3.63, 3.8) is 0 Å². The van der Waals surface area contributed by atoms with Gasteiger partial charge in [-0.15, -0.1) is 0 Å². The molecule has 3 aliphatic rings. The van der Waals surface area contributed by atoms with Gasteiger partial charge in [-0.3, -0.25) is 29.5 Å². The first-order chi connectivity index (χ1) is 15.4. The molecule has 2 aromatic rings. The Labute approximate surface area is 182 Å². The van der Waals surface area contributed by atoms with E-state index in [-0.39, 0.29) is 17.2 Å². The lowest BCUT2D eigenvalue weighted by atomic mass is 9.86. The van der Waals surface area contributed by atoms with Gasteiger partial charge in [-0.2, -0.15) is 5.10 Å². The van der Waals surface area contributed by atoms with E-state index in [1.54, 1.807) is 24.3 Å². The van der Waals surface area contributed by atoms with Crippen LogP contribution in [0.5, 0.6) is 0 Å². The number of Topliss-reactive ketones (excluding diaryl/α,β-unsaturated/α-hetero) is 1. The Morgan fingerprint density at radius 2 is 1.78 bits per heavy atom. The van der Waals surface area contributed by atoms with E-state index >= 15 is 0 Å². The normalized spacial score (nSPS) is 25.8. The van der Waals surface area contributed by atoms with Crippen molar-refractivity contribution in [3.8, 4) is 0 Å². The van der Waals surface area contributed by atoms with Crippen molar-refractivity contribution >= 4 is 35.2 Å². The number of ketones is 1. The maximum atomic E-state index is 13.5. The van der Waals surface area contributed by atoms with Gasteiger partial charge >= 0.3 is 0 Å². The number of anilines is 1. The Balaban J connectivity index is 1.57. The Morgan fingerprint density at radius 3 is 2.50 bits per heavy atom. The number of hydrazone groups is 1. The lowest BCUT2D eigenvalue weighted by Crippen LogP contribution is -2.46. The van der Waals surface area contributed by atoms with Gasteiger partial charge in [0.1, 0.15) is 6.04 Å². The number of nitro groups is 1. The second kappa shape index (κ2) is 7.23. The van der Waals surface area contributed by atoms with Crippen molar-refractivity contribution in [2.24, 2.45) is 16.9 Å². The van der Waals surface area contributed by atoms with Crippen LogP contribution in [0, 0.1) is 28.9 Å². The minimum Gasteiger partial charge on any atom is -0.292 e. The molecule has 5 rings (SSSR count). The average Bonchev–Trinajstić information content (AvgIpc) is 3.27. The number of benzene rings is 2. The van der Waals surface area contributed by atoms with Crippen LogP contribution < -0.4 is 4.90 Å². The zero-order valence-corrected chi connectivity index (χ0v) is 17.0. The fourth-order valence-electron chi connectivity index (χ4n) is 4.73. The molecule has 0 unspecified atom stereocenters. The van der Waals surface area contributed by atoms with Crippen LogP contribution in [-0.4, -0.2) is 45.8 Å². The van der Waals surface area contributed by atoms with Crippen LogP contribution >= 0.6 is 0 Å². The summed E-state index contributed by atoms with van der Waals surface area (Å²) >= 11 is 0. The average molecular weight is 430 g/mol. The van der Waals surface area contributed by atoms with Crippen LogP contribution in [0.25, 0.3) is 0 Å². The van der Waals surface area contributed by atoms with Crippen molar-refractivity contribution in [1.29, 1.82) is 0 Å². The molecule has 9 nitrogen and oxygen atoms in total. The number of rotatable bonds is 4. The number of amides is 2. The van der Waals surface area contributed by atoms with E-state index in [1.165, 1.54) is 35.5 Å². The minimum absolute atomic E-state index is 0.0994. The van der Waals surface area contributed by atoms with Crippen molar-refractivity contribution in [1.82, 2.24) is 5.01 Å². The Hall–Kier alpha value is -4.14.